The highest BCUT2D eigenvalue weighted by atomic mass is 16.7. The van der Waals surface area contributed by atoms with Crippen molar-refractivity contribution in [1.29, 1.82) is 0 Å². The van der Waals surface area contributed by atoms with Crippen molar-refractivity contribution in [1.82, 2.24) is 0 Å². The average Bonchev–Trinajstić information content (AvgIpc) is 2.33. The zero-order valence-corrected chi connectivity index (χ0v) is 8.22. The van der Waals surface area contributed by atoms with Crippen LogP contribution in [0, 0.1) is 0 Å². The maximum atomic E-state index is 9.47. The van der Waals surface area contributed by atoms with Gasteiger partial charge in [-0.3, -0.25) is 0 Å². The summed E-state index contributed by atoms with van der Waals surface area (Å²) in [5.74, 6) is 0. The standard InChI is InChI=1S/C8H16O7/c1-14-8-7(13)6(12)5(11)4(10)3(2-9)15-8/h3-13H,2H2,1H3/t3-,4+,5+,6-,7-,8+/m1/s1. The fourth-order valence-electron chi connectivity index (χ4n) is 1.46. The van der Waals surface area contributed by atoms with Crippen LogP contribution in [0.1, 0.15) is 0 Å². The average molecular weight is 224 g/mol. The van der Waals surface area contributed by atoms with Crippen molar-refractivity contribution >= 4 is 0 Å². The topological polar surface area (TPSA) is 120 Å². The van der Waals surface area contributed by atoms with Gasteiger partial charge in [-0.15, -0.1) is 0 Å². The number of hydrogen-bond donors (Lipinski definition) is 5. The summed E-state index contributed by atoms with van der Waals surface area (Å²) in [5.41, 5.74) is 0. The molecule has 7 heteroatoms. The minimum absolute atomic E-state index is 0.558. The molecule has 0 aromatic rings. The summed E-state index contributed by atoms with van der Waals surface area (Å²) < 4.78 is 9.70. The lowest BCUT2D eigenvalue weighted by Gasteiger charge is -2.23. The molecule has 6 atom stereocenters. The molecule has 0 radical (unpaired) electrons. The molecule has 1 heterocycles. The highest BCUT2D eigenvalue weighted by Gasteiger charge is 2.44. The summed E-state index contributed by atoms with van der Waals surface area (Å²) in [7, 11) is 1.24. The van der Waals surface area contributed by atoms with E-state index in [-0.39, 0.29) is 0 Å². The molecule has 1 fully saturated rings. The van der Waals surface area contributed by atoms with Gasteiger partial charge in [0.1, 0.15) is 30.5 Å². The Balaban J connectivity index is 2.85. The smallest absolute Gasteiger partial charge is 0.186 e. The van der Waals surface area contributed by atoms with Crippen LogP contribution in [0.25, 0.3) is 0 Å². The van der Waals surface area contributed by atoms with E-state index >= 15 is 0 Å². The van der Waals surface area contributed by atoms with Gasteiger partial charge in [-0.25, -0.2) is 0 Å². The fraction of sp³-hybridized carbons (Fsp3) is 1.00. The lowest BCUT2D eigenvalue weighted by Crippen LogP contribution is -2.47. The Morgan fingerprint density at radius 2 is 1.53 bits per heavy atom. The molecule has 90 valence electrons. The van der Waals surface area contributed by atoms with Crippen molar-refractivity contribution < 1.29 is 35.0 Å². The van der Waals surface area contributed by atoms with Crippen LogP contribution < -0.4 is 0 Å². The number of aliphatic hydroxyl groups excluding tert-OH is 5. The second-order valence-electron chi connectivity index (χ2n) is 3.42. The van der Waals surface area contributed by atoms with E-state index in [1.54, 1.807) is 0 Å². The van der Waals surface area contributed by atoms with Crippen molar-refractivity contribution in [2.45, 2.75) is 36.8 Å². The molecule has 0 amide bonds. The number of rotatable bonds is 2. The van der Waals surface area contributed by atoms with Crippen LogP contribution in [-0.4, -0.2) is 76.1 Å². The van der Waals surface area contributed by atoms with Gasteiger partial charge in [0, 0.05) is 7.11 Å². The molecule has 1 saturated heterocycles. The predicted molar refractivity (Wildman–Crippen MR) is 46.8 cm³/mol. The van der Waals surface area contributed by atoms with Crippen molar-refractivity contribution in [3.8, 4) is 0 Å². The van der Waals surface area contributed by atoms with Gasteiger partial charge in [-0.05, 0) is 0 Å². The number of ether oxygens (including phenoxy) is 2. The van der Waals surface area contributed by atoms with E-state index in [4.69, 9.17) is 14.6 Å². The van der Waals surface area contributed by atoms with E-state index in [0.29, 0.717) is 0 Å². The Labute approximate surface area is 86.5 Å². The zero-order chi connectivity index (χ0) is 11.6. The Hall–Kier alpha value is -0.280. The van der Waals surface area contributed by atoms with Crippen LogP contribution in [0.15, 0.2) is 0 Å². The molecule has 0 saturated carbocycles. The number of methoxy groups -OCH3 is 1. The van der Waals surface area contributed by atoms with Crippen LogP contribution in [0.3, 0.4) is 0 Å². The molecule has 0 unspecified atom stereocenters. The molecule has 0 aliphatic carbocycles. The first-order chi connectivity index (χ1) is 7.02. The van der Waals surface area contributed by atoms with Gasteiger partial charge in [0.15, 0.2) is 6.29 Å². The minimum Gasteiger partial charge on any atom is -0.394 e. The first-order valence-electron chi connectivity index (χ1n) is 4.54. The van der Waals surface area contributed by atoms with E-state index in [1.807, 2.05) is 0 Å². The second kappa shape index (κ2) is 5.17. The molecule has 1 rings (SSSR count). The quantitative estimate of drug-likeness (QED) is 0.335. The molecule has 5 N–H and O–H groups in total. The summed E-state index contributed by atoms with van der Waals surface area (Å²) in [6.45, 7) is -0.558. The van der Waals surface area contributed by atoms with Crippen molar-refractivity contribution in [3.63, 3.8) is 0 Å². The van der Waals surface area contributed by atoms with Crippen LogP contribution in [0.4, 0.5) is 0 Å². The number of aliphatic hydroxyl groups is 5. The Bertz CT molecular complexity index is 170. The van der Waals surface area contributed by atoms with Gasteiger partial charge in [-0.2, -0.15) is 0 Å². The van der Waals surface area contributed by atoms with Crippen molar-refractivity contribution in [2.75, 3.05) is 13.7 Å². The minimum atomic E-state index is -1.60. The molecule has 0 aromatic carbocycles. The third kappa shape index (κ3) is 2.45. The molecule has 0 aromatic heterocycles. The Morgan fingerprint density at radius 1 is 1.00 bits per heavy atom. The summed E-state index contributed by atoms with van der Waals surface area (Å²) in [6, 6.07) is 0. The summed E-state index contributed by atoms with van der Waals surface area (Å²) in [5, 5.41) is 46.6. The van der Waals surface area contributed by atoms with E-state index in [2.05, 4.69) is 0 Å². The summed E-state index contributed by atoms with van der Waals surface area (Å²) in [6.07, 6.45) is -8.49. The lowest BCUT2D eigenvalue weighted by molar-refractivity contribution is -0.221. The summed E-state index contributed by atoms with van der Waals surface area (Å²) in [4.78, 5) is 0. The van der Waals surface area contributed by atoms with Gasteiger partial charge in [-0.1, -0.05) is 0 Å². The molecule has 0 bridgehead atoms. The molecular formula is C8H16O7. The van der Waals surface area contributed by atoms with E-state index < -0.39 is 43.4 Å². The van der Waals surface area contributed by atoms with Crippen molar-refractivity contribution in [3.05, 3.63) is 0 Å². The highest BCUT2D eigenvalue weighted by molar-refractivity contribution is 4.90. The Morgan fingerprint density at radius 3 is 2.00 bits per heavy atom. The summed E-state index contributed by atoms with van der Waals surface area (Å²) >= 11 is 0. The first-order valence-corrected chi connectivity index (χ1v) is 4.54. The van der Waals surface area contributed by atoms with E-state index in [9.17, 15) is 20.4 Å². The third-order valence-electron chi connectivity index (χ3n) is 2.43. The van der Waals surface area contributed by atoms with Gasteiger partial charge in [0.05, 0.1) is 6.61 Å². The maximum Gasteiger partial charge on any atom is 0.186 e. The molecule has 1 aliphatic heterocycles. The second-order valence-corrected chi connectivity index (χ2v) is 3.42. The van der Waals surface area contributed by atoms with E-state index in [1.165, 1.54) is 7.11 Å². The van der Waals surface area contributed by atoms with Gasteiger partial charge >= 0.3 is 0 Å². The zero-order valence-electron chi connectivity index (χ0n) is 8.22. The lowest BCUT2D eigenvalue weighted by atomic mass is 10.0. The first kappa shape index (κ1) is 12.8. The monoisotopic (exact) mass is 224 g/mol. The molecule has 7 nitrogen and oxygen atoms in total. The van der Waals surface area contributed by atoms with Crippen LogP contribution in [0.2, 0.25) is 0 Å². The van der Waals surface area contributed by atoms with Gasteiger partial charge in [0.2, 0.25) is 0 Å². The normalized spacial score (nSPS) is 47.6. The van der Waals surface area contributed by atoms with Gasteiger partial charge < -0.3 is 35.0 Å². The van der Waals surface area contributed by atoms with Crippen LogP contribution in [-0.2, 0) is 9.47 Å². The molecule has 0 spiro atoms. The third-order valence-corrected chi connectivity index (χ3v) is 2.43. The molecule has 15 heavy (non-hydrogen) atoms. The van der Waals surface area contributed by atoms with E-state index in [0.717, 1.165) is 0 Å². The maximum absolute atomic E-state index is 9.47. The largest absolute Gasteiger partial charge is 0.394 e. The highest BCUT2D eigenvalue weighted by Crippen LogP contribution is 2.21. The van der Waals surface area contributed by atoms with Crippen LogP contribution in [0.5, 0.6) is 0 Å². The fourth-order valence-corrected chi connectivity index (χ4v) is 1.46. The molecule has 1 aliphatic rings. The van der Waals surface area contributed by atoms with Gasteiger partial charge in [0.25, 0.3) is 0 Å². The van der Waals surface area contributed by atoms with Crippen LogP contribution >= 0.6 is 0 Å². The van der Waals surface area contributed by atoms with Crippen molar-refractivity contribution in [2.24, 2.45) is 0 Å². The number of hydrogen-bond acceptors (Lipinski definition) is 7. The molecular weight excluding hydrogens is 208 g/mol. The SMILES string of the molecule is CO[C@H]1O[C@H](CO)[C@H](O)[C@H](O)[C@@H](O)[C@H]1O. The predicted octanol–water partition coefficient (Wildman–Crippen LogP) is -3.21. The Kier molecular flexibility index (Phi) is 4.41.